The van der Waals surface area contributed by atoms with Gasteiger partial charge in [0, 0.05) is 29.9 Å². The highest BCUT2D eigenvalue weighted by molar-refractivity contribution is 7.18. The summed E-state index contributed by atoms with van der Waals surface area (Å²) >= 11 is 1.61. The van der Waals surface area contributed by atoms with Crippen molar-refractivity contribution in [3.8, 4) is 0 Å². The molecule has 0 bridgehead atoms. The lowest BCUT2D eigenvalue weighted by Crippen LogP contribution is -2.44. The number of piperidine rings is 1. The summed E-state index contributed by atoms with van der Waals surface area (Å²) in [6, 6.07) is 0.143. The van der Waals surface area contributed by atoms with Crippen molar-refractivity contribution >= 4 is 27.5 Å². The van der Waals surface area contributed by atoms with Gasteiger partial charge in [0.1, 0.15) is 10.7 Å². The lowest BCUT2D eigenvalue weighted by molar-refractivity contribution is -0.137. The Balaban J connectivity index is 1.53. The average Bonchev–Trinajstić information content (AvgIpc) is 2.96. The van der Waals surface area contributed by atoms with E-state index in [1.165, 1.54) is 24.1 Å². The number of amides is 1. The Morgan fingerprint density at radius 2 is 1.70 bits per heavy atom. The van der Waals surface area contributed by atoms with E-state index in [4.69, 9.17) is 4.98 Å². The predicted molar refractivity (Wildman–Crippen MR) is 110 cm³/mol. The molecule has 1 saturated heterocycles. The summed E-state index contributed by atoms with van der Waals surface area (Å²) in [7, 11) is 0. The second-order valence-electron chi connectivity index (χ2n) is 8.19. The Morgan fingerprint density at radius 3 is 2.37 bits per heavy atom. The summed E-state index contributed by atoms with van der Waals surface area (Å²) in [5.74, 6) is 1.37. The fourth-order valence-electron chi connectivity index (χ4n) is 4.79. The number of likely N-dealkylation sites (tertiary alicyclic amines) is 1. The van der Waals surface area contributed by atoms with Gasteiger partial charge in [-0.3, -0.25) is 14.2 Å². The zero-order valence-electron chi connectivity index (χ0n) is 16.6. The van der Waals surface area contributed by atoms with Gasteiger partial charge < -0.3 is 4.90 Å². The molecule has 2 aromatic heterocycles. The van der Waals surface area contributed by atoms with E-state index in [0.717, 1.165) is 60.4 Å². The summed E-state index contributed by atoms with van der Waals surface area (Å²) in [5.41, 5.74) is 1.16. The van der Waals surface area contributed by atoms with Crippen LogP contribution in [0.5, 0.6) is 0 Å². The highest BCUT2D eigenvalue weighted by Gasteiger charge is 2.30. The van der Waals surface area contributed by atoms with Crippen molar-refractivity contribution in [3.63, 3.8) is 0 Å². The first-order valence-electron chi connectivity index (χ1n) is 10.2. The average molecular weight is 388 g/mol. The van der Waals surface area contributed by atoms with Crippen molar-refractivity contribution in [2.24, 2.45) is 5.92 Å². The molecule has 1 amide bonds. The number of fused-ring (bicyclic) bond motifs is 1. The fourth-order valence-corrected chi connectivity index (χ4v) is 5.86. The van der Waals surface area contributed by atoms with E-state index < -0.39 is 0 Å². The molecule has 1 aliphatic carbocycles. The Labute approximate surface area is 164 Å². The number of hydrogen-bond donors (Lipinski definition) is 0. The highest BCUT2D eigenvalue weighted by Crippen LogP contribution is 2.31. The van der Waals surface area contributed by atoms with E-state index in [0.29, 0.717) is 5.91 Å². The molecule has 27 heavy (non-hydrogen) atoms. The summed E-state index contributed by atoms with van der Waals surface area (Å²) in [4.78, 5) is 34.8. The van der Waals surface area contributed by atoms with Crippen molar-refractivity contribution in [3.05, 3.63) is 26.6 Å². The third-order valence-electron chi connectivity index (χ3n) is 6.51. The van der Waals surface area contributed by atoms with Crippen molar-refractivity contribution in [2.75, 3.05) is 13.1 Å². The van der Waals surface area contributed by atoms with Crippen molar-refractivity contribution in [2.45, 2.75) is 71.8 Å². The largest absolute Gasteiger partial charge is 0.342 e. The van der Waals surface area contributed by atoms with Crippen LogP contribution in [-0.4, -0.2) is 33.4 Å². The lowest BCUT2D eigenvalue weighted by Gasteiger charge is -2.36. The van der Waals surface area contributed by atoms with Gasteiger partial charge in [-0.2, -0.15) is 0 Å². The molecule has 2 aliphatic rings. The van der Waals surface area contributed by atoms with Crippen LogP contribution in [0.1, 0.15) is 67.3 Å². The standard InChI is InChI=1S/C21H29N3O2S/c1-13-14(2)27-19-18(13)21(26)24(15(3)22-19)17-9-11-23(12-10-17)20(25)16-7-5-4-6-8-16/h16-17H,4-12H2,1-3H3. The second-order valence-corrected chi connectivity index (χ2v) is 9.39. The minimum Gasteiger partial charge on any atom is -0.342 e. The normalized spacial score (nSPS) is 19.7. The first kappa shape index (κ1) is 18.7. The Bertz CT molecular complexity index is 916. The number of hydrogen-bond acceptors (Lipinski definition) is 4. The molecule has 0 spiro atoms. The first-order chi connectivity index (χ1) is 13.0. The smallest absolute Gasteiger partial charge is 0.262 e. The number of nitrogens with zero attached hydrogens (tertiary/aromatic N) is 3. The van der Waals surface area contributed by atoms with Crippen LogP contribution in [0.2, 0.25) is 0 Å². The van der Waals surface area contributed by atoms with E-state index in [1.54, 1.807) is 11.3 Å². The van der Waals surface area contributed by atoms with Crippen LogP contribution in [0.3, 0.4) is 0 Å². The van der Waals surface area contributed by atoms with Gasteiger partial charge in [0.15, 0.2) is 0 Å². The predicted octanol–water partition coefficient (Wildman–Crippen LogP) is 4.13. The van der Waals surface area contributed by atoms with Gasteiger partial charge >= 0.3 is 0 Å². The van der Waals surface area contributed by atoms with Gasteiger partial charge in [-0.05, 0) is 52.0 Å². The molecule has 6 heteroatoms. The van der Waals surface area contributed by atoms with Crippen molar-refractivity contribution in [1.82, 2.24) is 14.5 Å². The molecule has 146 valence electrons. The highest BCUT2D eigenvalue weighted by atomic mass is 32.1. The molecule has 0 unspecified atom stereocenters. The molecule has 0 radical (unpaired) electrons. The monoisotopic (exact) mass is 387 g/mol. The van der Waals surface area contributed by atoms with Crippen LogP contribution < -0.4 is 5.56 Å². The topological polar surface area (TPSA) is 55.2 Å². The fraction of sp³-hybridized carbons (Fsp3) is 0.667. The Hall–Kier alpha value is -1.69. The molecule has 4 rings (SSSR count). The van der Waals surface area contributed by atoms with E-state index >= 15 is 0 Å². The van der Waals surface area contributed by atoms with E-state index in [2.05, 4.69) is 6.92 Å². The van der Waals surface area contributed by atoms with Crippen molar-refractivity contribution in [1.29, 1.82) is 0 Å². The summed E-state index contributed by atoms with van der Waals surface area (Å²) in [5, 5.41) is 0.781. The van der Waals surface area contributed by atoms with Crippen LogP contribution in [0.25, 0.3) is 10.2 Å². The van der Waals surface area contributed by atoms with Crippen LogP contribution in [0, 0.1) is 26.7 Å². The molecule has 3 heterocycles. The van der Waals surface area contributed by atoms with Crippen LogP contribution in [-0.2, 0) is 4.79 Å². The van der Waals surface area contributed by atoms with E-state index in [1.807, 2.05) is 23.3 Å². The molecule has 2 aromatic rings. The van der Waals surface area contributed by atoms with Gasteiger partial charge in [0.2, 0.25) is 5.91 Å². The number of aromatic nitrogens is 2. The summed E-state index contributed by atoms with van der Waals surface area (Å²) in [6.45, 7) is 7.51. The maximum atomic E-state index is 13.2. The van der Waals surface area contributed by atoms with Crippen LogP contribution in [0.15, 0.2) is 4.79 Å². The molecular formula is C21H29N3O2S. The number of rotatable bonds is 2. The molecule has 1 aliphatic heterocycles. The molecule has 5 nitrogen and oxygen atoms in total. The van der Waals surface area contributed by atoms with Gasteiger partial charge in [0.05, 0.1) is 5.39 Å². The number of thiophene rings is 1. The zero-order chi connectivity index (χ0) is 19.1. The number of aryl methyl sites for hydroxylation is 3. The van der Waals surface area contributed by atoms with Crippen LogP contribution >= 0.6 is 11.3 Å². The van der Waals surface area contributed by atoms with Gasteiger partial charge in [-0.25, -0.2) is 4.98 Å². The molecule has 0 aromatic carbocycles. The molecule has 2 fully saturated rings. The summed E-state index contributed by atoms with van der Waals surface area (Å²) < 4.78 is 1.89. The maximum absolute atomic E-state index is 13.2. The third kappa shape index (κ3) is 3.33. The van der Waals surface area contributed by atoms with Crippen LogP contribution in [0.4, 0.5) is 0 Å². The second kappa shape index (κ2) is 7.38. The van der Waals surface area contributed by atoms with Gasteiger partial charge in [-0.15, -0.1) is 11.3 Å². The first-order valence-corrected chi connectivity index (χ1v) is 11.1. The van der Waals surface area contributed by atoms with Gasteiger partial charge in [-0.1, -0.05) is 19.3 Å². The lowest BCUT2D eigenvalue weighted by atomic mass is 9.87. The van der Waals surface area contributed by atoms with Gasteiger partial charge in [0.25, 0.3) is 5.56 Å². The third-order valence-corrected chi connectivity index (χ3v) is 7.61. The minimum absolute atomic E-state index is 0.0939. The van der Waals surface area contributed by atoms with Crippen molar-refractivity contribution < 1.29 is 4.79 Å². The summed E-state index contributed by atoms with van der Waals surface area (Å²) in [6.07, 6.45) is 7.43. The van der Waals surface area contributed by atoms with E-state index in [-0.39, 0.29) is 17.5 Å². The molecule has 0 N–H and O–H groups in total. The molecule has 0 atom stereocenters. The quantitative estimate of drug-likeness (QED) is 0.779. The maximum Gasteiger partial charge on any atom is 0.262 e. The Kier molecular flexibility index (Phi) is 5.10. The Morgan fingerprint density at radius 1 is 1.04 bits per heavy atom. The molecular weight excluding hydrogens is 358 g/mol. The minimum atomic E-state index is 0.0939. The zero-order valence-corrected chi connectivity index (χ0v) is 17.4. The SMILES string of the molecule is Cc1sc2nc(C)n(C3CCN(C(=O)C4CCCCC4)CC3)c(=O)c2c1C. The number of carbonyl (C=O) groups is 1. The molecule has 1 saturated carbocycles. The number of carbonyl (C=O) groups excluding carboxylic acids is 1. The van der Waals surface area contributed by atoms with E-state index in [9.17, 15) is 9.59 Å².